The lowest BCUT2D eigenvalue weighted by Gasteiger charge is -2.15. The highest BCUT2D eigenvalue weighted by Gasteiger charge is 2.24. The second kappa shape index (κ2) is 38.6. The van der Waals surface area contributed by atoms with E-state index < -0.39 is 0 Å². The van der Waals surface area contributed by atoms with Gasteiger partial charge in [0.2, 0.25) is 0 Å². The number of hydrogen-bond acceptors (Lipinski definition) is 11. The standard InChI is InChI=1S/C30H29NO3.C21H21NO2.C21H21NO.C20H18ClNO.CH4/c1-20-7-14-27(21(2)15-20)30(33)34-19-22-8-12-25(13-9-22)28(18-31)29(32)17-23-10-11-24-5-3-4-6-26(24)16-23;22-13-20(18-9-5-15(14-23)6-10-18)21(24)12-16-7-8-17-3-1-2-4-19(17)11-16;1-15-6-9-18(10-7-15)20(14-22)21(23)13-16-8-11-17-4-2-3-5-19(17)12-16;21-18-9-7-16(8-10-18)19(13-22)20(23)12-14-5-6-15-3-1-2-4-17(15)11-14;/h3-16,28H,17-19,31H2,1-2H3;1-11,20,23H,12-14,22H2;2-12,20H,13-14,22H2,1H3;1-11,19H,12-13,22H2;1H4. The van der Waals surface area contributed by atoms with Gasteiger partial charge >= 0.3 is 5.97 Å². The number of ether oxygens (including phenoxy) is 1. The lowest BCUT2D eigenvalue weighted by Crippen LogP contribution is -2.23. The molecule has 9 N–H and O–H groups in total. The summed E-state index contributed by atoms with van der Waals surface area (Å²) in [5, 5.41) is 19.0. The Morgan fingerprint density at radius 3 is 0.914 bits per heavy atom. The first kappa shape index (κ1) is 78.3. The lowest BCUT2D eigenvalue weighted by atomic mass is 9.90. The smallest absolute Gasteiger partial charge is 0.338 e. The third kappa shape index (κ3) is 21.6. The number of benzene rings is 13. The number of Topliss-reactive ketones (excluding diaryl/α,β-unsaturated/α-hetero) is 4. The highest BCUT2D eigenvalue weighted by molar-refractivity contribution is 6.30. The van der Waals surface area contributed by atoms with Gasteiger partial charge in [-0.3, -0.25) is 19.2 Å². The van der Waals surface area contributed by atoms with Gasteiger partial charge in [0.25, 0.3) is 0 Å². The molecule has 13 rings (SSSR count). The SMILES string of the molecule is C.Cc1ccc(C(=O)OCc2ccc(C(CN)C(=O)Cc3ccc4ccccc4c3)cc2)c(C)c1.Cc1ccc(C(CN)C(=O)Cc2ccc3ccccc3c2)cc1.NCC(C(=O)Cc1ccc2ccccc2c1)c1ccc(CO)cc1.NCC(C(=O)Cc1ccc2ccccc2c1)c1ccc(Cl)cc1. The molecule has 0 bridgehead atoms. The van der Waals surface area contributed by atoms with Crippen LogP contribution in [0.5, 0.6) is 0 Å². The fourth-order valence-corrected chi connectivity index (χ4v) is 13.1. The Morgan fingerprint density at radius 2 is 0.610 bits per heavy atom. The number of carbonyl (C=O) groups is 5. The summed E-state index contributed by atoms with van der Waals surface area (Å²) >= 11 is 5.91. The molecule has 4 unspecified atom stereocenters. The topological polar surface area (TPSA) is 219 Å². The monoisotopic (exact) mass is 1410 g/mol. The molecule has 534 valence electrons. The van der Waals surface area contributed by atoms with Gasteiger partial charge in [-0.1, -0.05) is 297 Å². The van der Waals surface area contributed by atoms with Crippen LogP contribution in [-0.2, 0) is 62.8 Å². The Balaban J connectivity index is 0.000000164. The molecule has 0 aliphatic rings. The molecule has 0 saturated carbocycles. The molecule has 0 heterocycles. The van der Waals surface area contributed by atoms with Crippen LogP contribution in [0.25, 0.3) is 43.1 Å². The average Bonchev–Trinajstić information content (AvgIpc) is 0.841. The molecule has 0 aliphatic carbocycles. The molecule has 11 nitrogen and oxygen atoms in total. The normalized spacial score (nSPS) is 12.0. The number of esters is 1. The predicted molar refractivity (Wildman–Crippen MR) is 431 cm³/mol. The zero-order valence-corrected chi connectivity index (χ0v) is 59.9. The third-order valence-corrected chi connectivity index (χ3v) is 19.2. The van der Waals surface area contributed by atoms with E-state index in [2.05, 4.69) is 84.9 Å². The molecule has 4 atom stereocenters. The molecule has 0 saturated heterocycles. The molecule has 0 amide bonds. The number of aryl methyl sites for hydroxylation is 3. The van der Waals surface area contributed by atoms with E-state index in [0.717, 1.165) is 93.7 Å². The van der Waals surface area contributed by atoms with Gasteiger partial charge in [0, 0.05) is 56.9 Å². The van der Waals surface area contributed by atoms with Crippen molar-refractivity contribution in [1.29, 1.82) is 0 Å². The van der Waals surface area contributed by atoms with Crippen molar-refractivity contribution in [2.24, 2.45) is 22.9 Å². The van der Waals surface area contributed by atoms with E-state index in [-0.39, 0.29) is 86.5 Å². The Bertz CT molecular complexity index is 4940. The summed E-state index contributed by atoms with van der Waals surface area (Å²) in [5.74, 6) is -1.05. The quantitative estimate of drug-likeness (QED) is 0.0358. The molecule has 0 aliphatic heterocycles. The number of hydrogen-bond donors (Lipinski definition) is 5. The van der Waals surface area contributed by atoms with Gasteiger partial charge in [-0.05, 0) is 143 Å². The average molecular weight is 1410 g/mol. The maximum atomic E-state index is 13.0. The molecule has 13 aromatic rings. The van der Waals surface area contributed by atoms with Crippen LogP contribution in [0, 0.1) is 20.8 Å². The summed E-state index contributed by atoms with van der Waals surface area (Å²) in [4.78, 5) is 63.5. The first-order chi connectivity index (χ1) is 50.5. The van der Waals surface area contributed by atoms with Gasteiger partial charge in [0.1, 0.15) is 29.7 Å². The predicted octanol–water partition coefficient (Wildman–Crippen LogP) is 17.8. The van der Waals surface area contributed by atoms with Crippen molar-refractivity contribution in [2.45, 2.75) is 90.8 Å². The van der Waals surface area contributed by atoms with Crippen molar-refractivity contribution in [3.63, 3.8) is 0 Å². The van der Waals surface area contributed by atoms with Crippen molar-refractivity contribution in [1.82, 2.24) is 0 Å². The molecule has 0 fully saturated rings. The van der Waals surface area contributed by atoms with Crippen molar-refractivity contribution < 1.29 is 33.8 Å². The summed E-state index contributed by atoms with van der Waals surface area (Å²) in [6.07, 6.45) is 1.51. The molecular formula is C93H93ClN4O7. The van der Waals surface area contributed by atoms with E-state index in [1.165, 1.54) is 21.7 Å². The van der Waals surface area contributed by atoms with Crippen LogP contribution in [-0.4, -0.2) is 60.4 Å². The van der Waals surface area contributed by atoms with Gasteiger partial charge in [0.05, 0.1) is 35.8 Å². The van der Waals surface area contributed by atoms with Crippen molar-refractivity contribution in [2.75, 3.05) is 26.2 Å². The van der Waals surface area contributed by atoms with Gasteiger partial charge in [0.15, 0.2) is 0 Å². The number of fused-ring (bicyclic) bond motifs is 4. The molecule has 0 radical (unpaired) electrons. The van der Waals surface area contributed by atoms with E-state index in [9.17, 15) is 24.0 Å². The zero-order chi connectivity index (χ0) is 73.5. The highest BCUT2D eigenvalue weighted by Crippen LogP contribution is 2.28. The van der Waals surface area contributed by atoms with E-state index in [4.69, 9.17) is 44.4 Å². The molecule has 105 heavy (non-hydrogen) atoms. The minimum Gasteiger partial charge on any atom is -0.457 e. The summed E-state index contributed by atoms with van der Waals surface area (Å²) in [7, 11) is 0. The number of rotatable bonds is 24. The highest BCUT2D eigenvalue weighted by atomic mass is 35.5. The van der Waals surface area contributed by atoms with E-state index >= 15 is 0 Å². The van der Waals surface area contributed by atoms with Crippen LogP contribution in [0.15, 0.2) is 285 Å². The van der Waals surface area contributed by atoms with Gasteiger partial charge in [-0.2, -0.15) is 0 Å². The maximum Gasteiger partial charge on any atom is 0.338 e. The van der Waals surface area contributed by atoms with Crippen LogP contribution in [0.1, 0.15) is 114 Å². The number of aliphatic hydroxyl groups excluding tert-OH is 1. The third-order valence-electron chi connectivity index (χ3n) is 18.9. The number of nitrogens with two attached hydrogens (primary N) is 4. The van der Waals surface area contributed by atoms with Crippen molar-refractivity contribution >= 4 is 83.8 Å². The van der Waals surface area contributed by atoms with Crippen LogP contribution in [0.2, 0.25) is 5.02 Å². The second-order valence-electron chi connectivity index (χ2n) is 26.4. The number of halogens is 1. The Morgan fingerprint density at radius 1 is 0.333 bits per heavy atom. The molecule has 13 aromatic carbocycles. The maximum absolute atomic E-state index is 13.0. The molecular weight excluding hydrogens is 1320 g/mol. The zero-order valence-electron chi connectivity index (χ0n) is 59.1. The summed E-state index contributed by atoms with van der Waals surface area (Å²) in [6, 6.07) is 93.2. The summed E-state index contributed by atoms with van der Waals surface area (Å²) in [6.45, 7) is 7.27. The Hall–Kier alpha value is -10.9. The second-order valence-corrected chi connectivity index (χ2v) is 26.9. The first-order valence-corrected chi connectivity index (χ1v) is 35.5. The van der Waals surface area contributed by atoms with Crippen molar-refractivity contribution in [3.05, 3.63) is 368 Å². The fraction of sp³-hybridized carbons (Fsp3) is 0.194. The molecule has 12 heteroatoms. The van der Waals surface area contributed by atoms with E-state index in [1.807, 2.05) is 203 Å². The van der Waals surface area contributed by atoms with E-state index in [1.54, 1.807) is 18.2 Å². The van der Waals surface area contributed by atoms with Crippen LogP contribution < -0.4 is 22.9 Å². The molecule has 0 aromatic heterocycles. The van der Waals surface area contributed by atoms with Crippen LogP contribution in [0.3, 0.4) is 0 Å². The molecule has 0 spiro atoms. The Labute approximate surface area is 621 Å². The number of ketones is 4. The summed E-state index contributed by atoms with van der Waals surface area (Å²) < 4.78 is 5.49. The van der Waals surface area contributed by atoms with Crippen LogP contribution in [0.4, 0.5) is 0 Å². The van der Waals surface area contributed by atoms with Gasteiger partial charge in [-0.15, -0.1) is 0 Å². The largest absolute Gasteiger partial charge is 0.457 e. The van der Waals surface area contributed by atoms with Crippen LogP contribution >= 0.6 is 11.6 Å². The van der Waals surface area contributed by atoms with E-state index in [0.29, 0.717) is 49.4 Å². The van der Waals surface area contributed by atoms with Crippen molar-refractivity contribution in [3.8, 4) is 0 Å². The first-order valence-electron chi connectivity index (χ1n) is 35.2. The number of aliphatic hydroxyl groups is 1. The minimum absolute atomic E-state index is 0. The minimum atomic E-state index is -0.377. The Kier molecular flexibility index (Phi) is 28.8. The fourth-order valence-electron chi connectivity index (χ4n) is 13.0. The van der Waals surface area contributed by atoms with Gasteiger partial charge < -0.3 is 32.8 Å². The number of carbonyl (C=O) groups excluding carboxylic acids is 5. The summed E-state index contributed by atoms with van der Waals surface area (Å²) in [5.41, 5.74) is 36.7. The lowest BCUT2D eigenvalue weighted by molar-refractivity contribution is -0.120. The van der Waals surface area contributed by atoms with Gasteiger partial charge in [-0.25, -0.2) is 4.79 Å².